The molecule has 0 radical (unpaired) electrons. The van der Waals surface area contributed by atoms with Crippen LogP contribution in [0.1, 0.15) is 56.0 Å². The molecule has 7 nitrogen and oxygen atoms in total. The Morgan fingerprint density at radius 1 is 1.23 bits per heavy atom. The number of rotatable bonds is 8. The van der Waals surface area contributed by atoms with Crippen molar-refractivity contribution >= 4 is 11.9 Å². The van der Waals surface area contributed by atoms with Gasteiger partial charge in [-0.2, -0.15) is 5.10 Å². The van der Waals surface area contributed by atoms with E-state index in [1.807, 2.05) is 42.8 Å². The zero-order chi connectivity index (χ0) is 22.4. The van der Waals surface area contributed by atoms with Crippen molar-refractivity contribution in [3.8, 4) is 11.4 Å². The SMILES string of the molecule is COc1cccc(-n2nc(C)c(CCC(=O)OCC(=O)N[C@@H]3CCCC[C@H]3C)c2C)c1. The summed E-state index contributed by atoms with van der Waals surface area (Å²) >= 11 is 0. The van der Waals surface area contributed by atoms with Gasteiger partial charge in [-0.05, 0) is 56.7 Å². The first-order valence-corrected chi connectivity index (χ1v) is 11.0. The van der Waals surface area contributed by atoms with E-state index in [0.29, 0.717) is 12.3 Å². The van der Waals surface area contributed by atoms with E-state index >= 15 is 0 Å². The molecule has 1 aliphatic rings. The molecule has 7 heteroatoms. The minimum absolute atomic E-state index is 0.188. The summed E-state index contributed by atoms with van der Waals surface area (Å²) in [5.41, 5.74) is 3.77. The zero-order valence-electron chi connectivity index (χ0n) is 18.9. The van der Waals surface area contributed by atoms with Gasteiger partial charge in [-0.25, -0.2) is 4.68 Å². The van der Waals surface area contributed by atoms with Gasteiger partial charge < -0.3 is 14.8 Å². The molecule has 1 aromatic heterocycles. The molecule has 168 valence electrons. The van der Waals surface area contributed by atoms with Gasteiger partial charge in [0, 0.05) is 24.2 Å². The predicted octanol–water partition coefficient (Wildman–Crippen LogP) is 3.67. The first kappa shape index (κ1) is 22.8. The highest BCUT2D eigenvalue weighted by Crippen LogP contribution is 2.24. The van der Waals surface area contributed by atoms with Crippen molar-refractivity contribution in [2.45, 2.75) is 65.3 Å². The van der Waals surface area contributed by atoms with Crippen LogP contribution in [-0.4, -0.2) is 41.4 Å². The Bertz CT molecular complexity index is 922. The van der Waals surface area contributed by atoms with E-state index in [9.17, 15) is 9.59 Å². The molecule has 0 saturated heterocycles. The van der Waals surface area contributed by atoms with Crippen LogP contribution in [0, 0.1) is 19.8 Å². The van der Waals surface area contributed by atoms with Crippen LogP contribution < -0.4 is 10.1 Å². The molecule has 1 amide bonds. The van der Waals surface area contributed by atoms with E-state index in [1.54, 1.807) is 7.11 Å². The maximum absolute atomic E-state index is 12.2. The molecule has 1 fully saturated rings. The number of benzene rings is 1. The summed E-state index contributed by atoms with van der Waals surface area (Å²) in [6.07, 6.45) is 5.21. The number of amides is 1. The molecule has 3 rings (SSSR count). The molecule has 0 spiro atoms. The van der Waals surface area contributed by atoms with Crippen LogP contribution in [-0.2, 0) is 20.7 Å². The third-order valence-corrected chi connectivity index (χ3v) is 6.14. The van der Waals surface area contributed by atoms with E-state index < -0.39 is 0 Å². The normalized spacial score (nSPS) is 18.5. The quantitative estimate of drug-likeness (QED) is 0.650. The summed E-state index contributed by atoms with van der Waals surface area (Å²) in [5, 5.41) is 7.63. The van der Waals surface area contributed by atoms with E-state index in [2.05, 4.69) is 17.3 Å². The average molecular weight is 428 g/mol. The van der Waals surface area contributed by atoms with E-state index in [1.165, 1.54) is 6.42 Å². The van der Waals surface area contributed by atoms with Crippen molar-refractivity contribution in [2.24, 2.45) is 5.92 Å². The first-order chi connectivity index (χ1) is 14.9. The fourth-order valence-electron chi connectivity index (χ4n) is 4.25. The van der Waals surface area contributed by atoms with Gasteiger partial charge in [0.15, 0.2) is 6.61 Å². The van der Waals surface area contributed by atoms with Gasteiger partial charge in [-0.1, -0.05) is 25.8 Å². The molecule has 1 saturated carbocycles. The Kier molecular flexibility index (Phi) is 7.71. The second-order valence-corrected chi connectivity index (χ2v) is 8.36. The summed E-state index contributed by atoms with van der Waals surface area (Å²) in [6, 6.07) is 7.88. The molecule has 1 aliphatic carbocycles. The lowest BCUT2D eigenvalue weighted by molar-refractivity contribution is -0.148. The highest BCUT2D eigenvalue weighted by molar-refractivity contribution is 5.80. The van der Waals surface area contributed by atoms with E-state index in [-0.39, 0.29) is 30.9 Å². The van der Waals surface area contributed by atoms with Gasteiger partial charge in [0.25, 0.3) is 5.91 Å². The van der Waals surface area contributed by atoms with Gasteiger partial charge >= 0.3 is 5.97 Å². The van der Waals surface area contributed by atoms with Crippen LogP contribution in [0.25, 0.3) is 5.69 Å². The number of aryl methyl sites for hydroxylation is 1. The maximum Gasteiger partial charge on any atom is 0.306 e. The zero-order valence-corrected chi connectivity index (χ0v) is 18.9. The van der Waals surface area contributed by atoms with Crippen molar-refractivity contribution in [3.05, 3.63) is 41.2 Å². The number of ether oxygens (including phenoxy) is 2. The molecule has 1 N–H and O–H groups in total. The maximum atomic E-state index is 12.2. The summed E-state index contributed by atoms with van der Waals surface area (Å²) in [7, 11) is 1.63. The lowest BCUT2D eigenvalue weighted by atomic mass is 9.86. The number of methoxy groups -OCH3 is 1. The monoisotopic (exact) mass is 427 g/mol. The molecule has 0 aliphatic heterocycles. The number of esters is 1. The number of nitrogens with zero attached hydrogens (tertiary/aromatic N) is 2. The number of hydrogen-bond acceptors (Lipinski definition) is 5. The predicted molar refractivity (Wildman–Crippen MR) is 118 cm³/mol. The lowest BCUT2D eigenvalue weighted by Crippen LogP contribution is -2.42. The summed E-state index contributed by atoms with van der Waals surface area (Å²) in [4.78, 5) is 24.4. The van der Waals surface area contributed by atoms with Crippen molar-refractivity contribution in [1.82, 2.24) is 15.1 Å². The fraction of sp³-hybridized carbons (Fsp3) is 0.542. The Labute approximate surface area is 184 Å². The topological polar surface area (TPSA) is 82.5 Å². The molecular formula is C24H33N3O4. The van der Waals surface area contributed by atoms with Crippen LogP contribution in [0.15, 0.2) is 24.3 Å². The summed E-state index contributed by atoms with van der Waals surface area (Å²) < 4.78 is 12.4. The average Bonchev–Trinajstić information content (AvgIpc) is 3.05. The fourth-order valence-corrected chi connectivity index (χ4v) is 4.25. The van der Waals surface area contributed by atoms with Gasteiger partial charge in [-0.3, -0.25) is 9.59 Å². The third-order valence-electron chi connectivity index (χ3n) is 6.14. The molecule has 0 unspecified atom stereocenters. The van der Waals surface area contributed by atoms with E-state index in [4.69, 9.17) is 9.47 Å². The summed E-state index contributed by atoms with van der Waals surface area (Å²) in [6.45, 7) is 5.86. The highest BCUT2D eigenvalue weighted by atomic mass is 16.5. The number of hydrogen-bond donors (Lipinski definition) is 1. The van der Waals surface area contributed by atoms with E-state index in [0.717, 1.165) is 47.7 Å². The second kappa shape index (κ2) is 10.5. The molecule has 0 bridgehead atoms. The number of carbonyl (C=O) groups excluding carboxylic acids is 2. The molecular weight excluding hydrogens is 394 g/mol. The number of aromatic nitrogens is 2. The van der Waals surface area contributed by atoms with Gasteiger partial charge in [-0.15, -0.1) is 0 Å². The second-order valence-electron chi connectivity index (χ2n) is 8.36. The Morgan fingerprint density at radius 3 is 2.74 bits per heavy atom. The van der Waals surface area contributed by atoms with Crippen molar-refractivity contribution in [2.75, 3.05) is 13.7 Å². The summed E-state index contributed by atoms with van der Waals surface area (Å²) in [5.74, 6) is 0.640. The highest BCUT2D eigenvalue weighted by Gasteiger charge is 2.23. The largest absolute Gasteiger partial charge is 0.497 e. The van der Waals surface area contributed by atoms with Crippen LogP contribution >= 0.6 is 0 Å². The molecule has 1 aromatic carbocycles. The first-order valence-electron chi connectivity index (χ1n) is 11.0. The number of nitrogens with one attached hydrogen (secondary N) is 1. The van der Waals surface area contributed by atoms with Crippen LogP contribution in [0.4, 0.5) is 0 Å². The standard InChI is InChI=1S/C24H33N3O4/c1-16-8-5-6-11-22(16)25-23(28)15-31-24(29)13-12-21-17(2)26-27(18(21)3)19-9-7-10-20(14-19)30-4/h7,9-10,14,16,22H,5-6,8,11-13,15H2,1-4H3,(H,25,28)/t16-,22-/m1/s1. The molecule has 2 atom stereocenters. The van der Waals surface area contributed by atoms with Gasteiger partial charge in [0.05, 0.1) is 18.5 Å². The van der Waals surface area contributed by atoms with Gasteiger partial charge in [0.1, 0.15) is 5.75 Å². The van der Waals surface area contributed by atoms with Crippen molar-refractivity contribution in [1.29, 1.82) is 0 Å². The Morgan fingerprint density at radius 2 is 2.00 bits per heavy atom. The van der Waals surface area contributed by atoms with Crippen LogP contribution in [0.2, 0.25) is 0 Å². The van der Waals surface area contributed by atoms with Crippen LogP contribution in [0.3, 0.4) is 0 Å². The molecule has 2 aromatic rings. The Hall–Kier alpha value is -2.83. The molecule has 1 heterocycles. The molecule has 31 heavy (non-hydrogen) atoms. The minimum atomic E-state index is -0.375. The van der Waals surface area contributed by atoms with Crippen molar-refractivity contribution < 1.29 is 19.1 Å². The van der Waals surface area contributed by atoms with Crippen LogP contribution in [0.5, 0.6) is 5.75 Å². The Balaban J connectivity index is 1.52. The smallest absolute Gasteiger partial charge is 0.306 e. The van der Waals surface area contributed by atoms with Gasteiger partial charge in [0.2, 0.25) is 0 Å². The van der Waals surface area contributed by atoms with Crippen molar-refractivity contribution in [3.63, 3.8) is 0 Å². The number of carbonyl (C=O) groups is 2. The third kappa shape index (κ3) is 5.87. The lowest BCUT2D eigenvalue weighted by Gasteiger charge is -2.29. The minimum Gasteiger partial charge on any atom is -0.497 e.